The summed E-state index contributed by atoms with van der Waals surface area (Å²) in [6.07, 6.45) is 1.81. The zero-order valence-electron chi connectivity index (χ0n) is 11.6. The maximum atomic E-state index is 4.77. The van der Waals surface area contributed by atoms with Crippen LogP contribution in [0.3, 0.4) is 0 Å². The Kier molecular flexibility index (Phi) is 3.00. The zero-order valence-corrected chi connectivity index (χ0v) is 12.4. The van der Waals surface area contributed by atoms with Crippen molar-refractivity contribution in [2.24, 2.45) is 0 Å². The minimum Gasteiger partial charge on any atom is -0.373 e. The number of aromatic nitrogens is 3. The number of nitrogens with one attached hydrogen (secondary N) is 1. The van der Waals surface area contributed by atoms with Crippen LogP contribution in [0.25, 0.3) is 22.3 Å². The van der Waals surface area contributed by atoms with Gasteiger partial charge in [0.25, 0.3) is 0 Å². The van der Waals surface area contributed by atoms with Crippen LogP contribution in [0.2, 0.25) is 0 Å². The van der Waals surface area contributed by atoms with E-state index in [9.17, 15) is 0 Å². The van der Waals surface area contributed by atoms with E-state index >= 15 is 0 Å². The molecule has 5 heteroatoms. The number of hydrogen-bond donors (Lipinski definition) is 1. The largest absolute Gasteiger partial charge is 0.373 e. The Hall–Kier alpha value is -2.14. The Morgan fingerprint density at radius 1 is 1.10 bits per heavy atom. The fraction of sp³-hybridized carbons (Fsp3) is 0.188. The quantitative estimate of drug-likeness (QED) is 0.784. The predicted octanol–water partition coefficient (Wildman–Crippen LogP) is 3.48. The summed E-state index contributed by atoms with van der Waals surface area (Å²) in [6, 6.07) is 10.1. The molecule has 1 aliphatic rings. The van der Waals surface area contributed by atoms with Gasteiger partial charge in [0, 0.05) is 41.3 Å². The molecule has 3 aromatic rings. The lowest BCUT2D eigenvalue weighted by atomic mass is 10.1. The highest BCUT2D eigenvalue weighted by Crippen LogP contribution is 2.35. The third kappa shape index (κ3) is 2.05. The van der Waals surface area contributed by atoms with E-state index in [0.717, 1.165) is 45.3 Å². The molecule has 3 heterocycles. The number of rotatable bonds is 2. The number of benzene rings is 1. The molecule has 1 N–H and O–H groups in total. The van der Waals surface area contributed by atoms with Crippen LogP contribution >= 0.6 is 11.8 Å². The number of hydrogen-bond acceptors (Lipinski definition) is 5. The monoisotopic (exact) mass is 294 g/mol. The number of nitrogens with zero attached hydrogens (tertiary/aromatic N) is 3. The second-order valence-corrected chi connectivity index (χ2v) is 5.93. The molecule has 4 rings (SSSR count). The molecular weight excluding hydrogens is 280 g/mol. The van der Waals surface area contributed by atoms with E-state index in [2.05, 4.69) is 22.4 Å². The van der Waals surface area contributed by atoms with Gasteiger partial charge in [-0.05, 0) is 12.1 Å². The molecule has 0 saturated heterocycles. The van der Waals surface area contributed by atoms with Crippen molar-refractivity contribution in [1.82, 2.24) is 15.0 Å². The van der Waals surface area contributed by atoms with Gasteiger partial charge in [-0.15, -0.1) is 0 Å². The van der Waals surface area contributed by atoms with Crippen molar-refractivity contribution in [3.63, 3.8) is 0 Å². The van der Waals surface area contributed by atoms with E-state index in [-0.39, 0.29) is 0 Å². The van der Waals surface area contributed by atoms with Crippen LogP contribution in [0.4, 0.5) is 5.82 Å². The van der Waals surface area contributed by atoms with Gasteiger partial charge in [0.2, 0.25) is 0 Å². The molecule has 0 spiro atoms. The smallest absolute Gasteiger partial charge is 0.164 e. The molecule has 0 bridgehead atoms. The van der Waals surface area contributed by atoms with Crippen LogP contribution in [-0.2, 0) is 11.5 Å². The Morgan fingerprint density at radius 3 is 2.90 bits per heavy atom. The van der Waals surface area contributed by atoms with Crippen LogP contribution in [0.5, 0.6) is 0 Å². The minimum absolute atomic E-state index is 0.755. The molecule has 0 fully saturated rings. The lowest BCUT2D eigenvalue weighted by Crippen LogP contribution is -2.03. The topological polar surface area (TPSA) is 50.7 Å². The maximum absolute atomic E-state index is 4.77. The van der Waals surface area contributed by atoms with Gasteiger partial charge < -0.3 is 5.32 Å². The summed E-state index contributed by atoms with van der Waals surface area (Å²) in [4.78, 5) is 14.0. The Balaban J connectivity index is 1.97. The molecule has 0 atom stereocenters. The summed E-state index contributed by atoms with van der Waals surface area (Å²) in [7, 11) is 1.91. The van der Waals surface area contributed by atoms with Gasteiger partial charge in [-0.2, -0.15) is 11.8 Å². The first kappa shape index (κ1) is 12.6. The number of anilines is 1. The molecule has 104 valence electrons. The van der Waals surface area contributed by atoms with E-state index in [1.165, 1.54) is 5.56 Å². The first-order chi connectivity index (χ1) is 10.4. The van der Waals surface area contributed by atoms with E-state index in [0.29, 0.717) is 0 Å². The van der Waals surface area contributed by atoms with Crippen LogP contribution < -0.4 is 5.32 Å². The molecule has 4 nitrogen and oxygen atoms in total. The van der Waals surface area contributed by atoms with Crippen LogP contribution in [0, 0.1) is 0 Å². The molecule has 0 aliphatic carbocycles. The summed E-state index contributed by atoms with van der Waals surface area (Å²) in [5.41, 5.74) is 4.32. The Labute approximate surface area is 127 Å². The highest BCUT2D eigenvalue weighted by Gasteiger charge is 2.20. The molecular formula is C16H14N4S. The molecule has 0 radical (unpaired) electrons. The number of para-hydroxylation sites is 1. The fourth-order valence-corrected chi connectivity index (χ4v) is 3.70. The van der Waals surface area contributed by atoms with Crippen molar-refractivity contribution in [1.29, 1.82) is 0 Å². The highest BCUT2D eigenvalue weighted by molar-refractivity contribution is 7.98. The Morgan fingerprint density at radius 2 is 2.00 bits per heavy atom. The van der Waals surface area contributed by atoms with Crippen LogP contribution in [0.15, 0.2) is 36.5 Å². The molecule has 2 aromatic heterocycles. The first-order valence-corrected chi connectivity index (χ1v) is 8.01. The Bertz CT molecular complexity index is 826. The third-order valence-electron chi connectivity index (χ3n) is 3.69. The molecule has 1 aliphatic heterocycles. The van der Waals surface area contributed by atoms with E-state index < -0.39 is 0 Å². The lowest BCUT2D eigenvalue weighted by Gasteiger charge is -2.10. The van der Waals surface area contributed by atoms with Gasteiger partial charge in [-0.25, -0.2) is 9.97 Å². The summed E-state index contributed by atoms with van der Waals surface area (Å²) < 4.78 is 0. The van der Waals surface area contributed by atoms with Gasteiger partial charge in [-0.3, -0.25) is 4.98 Å². The summed E-state index contributed by atoms with van der Waals surface area (Å²) in [5.74, 6) is 3.63. The van der Waals surface area contributed by atoms with Gasteiger partial charge >= 0.3 is 0 Å². The van der Waals surface area contributed by atoms with Crippen molar-refractivity contribution in [3.8, 4) is 11.4 Å². The van der Waals surface area contributed by atoms with Crippen molar-refractivity contribution in [3.05, 3.63) is 47.8 Å². The molecule has 0 unspecified atom stereocenters. The first-order valence-electron chi connectivity index (χ1n) is 6.86. The number of fused-ring (bicyclic) bond motifs is 2. The number of thioether (sulfide) groups is 1. The maximum Gasteiger partial charge on any atom is 0.164 e. The number of pyridine rings is 1. The van der Waals surface area contributed by atoms with Gasteiger partial charge in [0.05, 0.1) is 11.2 Å². The lowest BCUT2D eigenvalue weighted by molar-refractivity contribution is 1.07. The second kappa shape index (κ2) is 5.00. The van der Waals surface area contributed by atoms with Gasteiger partial charge in [0.1, 0.15) is 5.82 Å². The van der Waals surface area contributed by atoms with Crippen molar-refractivity contribution < 1.29 is 0 Å². The fourth-order valence-electron chi connectivity index (χ4n) is 2.66. The van der Waals surface area contributed by atoms with E-state index in [4.69, 9.17) is 9.97 Å². The normalized spacial score (nSPS) is 13.4. The van der Waals surface area contributed by atoms with E-state index in [1.54, 1.807) is 0 Å². The molecule has 21 heavy (non-hydrogen) atoms. The van der Waals surface area contributed by atoms with Crippen LogP contribution in [-0.4, -0.2) is 22.0 Å². The SMILES string of the molecule is CNc1nc(-c2cccc3cccnc23)nc2c1CSC2. The van der Waals surface area contributed by atoms with Crippen LogP contribution in [0.1, 0.15) is 11.3 Å². The molecule has 0 saturated carbocycles. The average Bonchev–Trinajstić information content (AvgIpc) is 3.02. The van der Waals surface area contributed by atoms with Gasteiger partial charge in [-0.1, -0.05) is 18.2 Å². The van der Waals surface area contributed by atoms with Crippen molar-refractivity contribution >= 4 is 28.5 Å². The average molecular weight is 294 g/mol. The minimum atomic E-state index is 0.755. The van der Waals surface area contributed by atoms with Crippen molar-refractivity contribution in [2.45, 2.75) is 11.5 Å². The predicted molar refractivity (Wildman–Crippen MR) is 87.3 cm³/mol. The highest BCUT2D eigenvalue weighted by atomic mass is 32.2. The third-order valence-corrected chi connectivity index (χ3v) is 4.66. The summed E-state index contributed by atoms with van der Waals surface area (Å²) in [5, 5.41) is 4.31. The van der Waals surface area contributed by atoms with E-state index in [1.807, 2.05) is 43.2 Å². The summed E-state index contributed by atoms with van der Waals surface area (Å²) >= 11 is 1.88. The molecule has 1 aromatic carbocycles. The summed E-state index contributed by atoms with van der Waals surface area (Å²) in [6.45, 7) is 0. The second-order valence-electron chi connectivity index (χ2n) is 4.94. The molecule has 0 amide bonds. The standard InChI is InChI=1S/C16H14N4S/c1-17-15-12-8-21-9-13(12)19-16(20-15)11-6-2-4-10-5-3-7-18-14(10)11/h2-7H,8-9H2,1H3,(H,17,19,20). The van der Waals surface area contributed by atoms with Crippen molar-refractivity contribution in [2.75, 3.05) is 12.4 Å². The van der Waals surface area contributed by atoms with Gasteiger partial charge in [0.15, 0.2) is 5.82 Å². The zero-order chi connectivity index (χ0) is 14.2.